The number of unbranched alkanes of at least 4 members (excludes halogenated alkanes) is 1. The first-order valence-corrected chi connectivity index (χ1v) is 9.92. The van der Waals surface area contributed by atoms with E-state index in [1.165, 1.54) is 0 Å². The number of rotatable bonds is 14. The molecule has 11 heteroatoms. The molecular formula is C17H33N5O5S. The van der Waals surface area contributed by atoms with Gasteiger partial charge in [-0.2, -0.15) is 12.6 Å². The van der Waals surface area contributed by atoms with Crippen LogP contribution in [0.25, 0.3) is 0 Å². The van der Waals surface area contributed by atoms with Crippen LogP contribution in [0.2, 0.25) is 0 Å². The Kier molecular flexibility index (Phi) is 13.3. The summed E-state index contributed by atoms with van der Waals surface area (Å²) in [6, 6.07) is -2.67. The average Bonchev–Trinajstić information content (AvgIpc) is 2.62. The Balaban J connectivity index is 4.87. The van der Waals surface area contributed by atoms with Crippen molar-refractivity contribution in [1.82, 2.24) is 16.0 Å². The summed E-state index contributed by atoms with van der Waals surface area (Å²) in [5.41, 5.74) is 11.2. The number of carboxylic acid groups (broad SMARTS) is 1. The summed E-state index contributed by atoms with van der Waals surface area (Å²) in [5, 5.41) is 16.0. The van der Waals surface area contributed by atoms with E-state index >= 15 is 0 Å². The summed E-state index contributed by atoms with van der Waals surface area (Å²) in [5.74, 6) is -2.78. The highest BCUT2D eigenvalue weighted by Gasteiger charge is 2.27. The number of hydrogen-bond donors (Lipinski definition) is 7. The van der Waals surface area contributed by atoms with Crippen LogP contribution >= 0.6 is 12.6 Å². The first kappa shape index (κ1) is 26.1. The molecule has 0 saturated carbocycles. The summed E-state index contributed by atoms with van der Waals surface area (Å²) >= 11 is 4.08. The van der Waals surface area contributed by atoms with Crippen LogP contribution in [0.15, 0.2) is 0 Å². The van der Waals surface area contributed by atoms with Gasteiger partial charge in [0.25, 0.3) is 0 Å². The number of aliphatic carboxylic acids is 1. The minimum Gasteiger partial charge on any atom is -0.480 e. The molecule has 0 heterocycles. The minimum atomic E-state index is -1.19. The number of carbonyl (C=O) groups is 4. The molecule has 0 aromatic rings. The Morgan fingerprint density at radius 1 is 1.00 bits per heavy atom. The predicted octanol–water partition coefficient (Wildman–Crippen LogP) is -1.41. The maximum absolute atomic E-state index is 12.5. The number of thiol groups is 1. The molecule has 3 atom stereocenters. The van der Waals surface area contributed by atoms with E-state index in [2.05, 4.69) is 28.6 Å². The van der Waals surface area contributed by atoms with Crippen LogP contribution < -0.4 is 27.4 Å². The summed E-state index contributed by atoms with van der Waals surface area (Å²) in [6.45, 7) is 3.69. The third-order valence-corrected chi connectivity index (χ3v) is 4.24. The van der Waals surface area contributed by atoms with Gasteiger partial charge in [-0.15, -0.1) is 0 Å². The third kappa shape index (κ3) is 11.1. The van der Waals surface area contributed by atoms with Crippen molar-refractivity contribution in [3.05, 3.63) is 0 Å². The quantitative estimate of drug-likeness (QED) is 0.134. The fraction of sp³-hybridized carbons (Fsp3) is 0.765. The third-order valence-electron chi connectivity index (χ3n) is 3.88. The summed E-state index contributed by atoms with van der Waals surface area (Å²) in [4.78, 5) is 47.5. The Bertz CT molecular complexity index is 532. The number of hydrogen-bond acceptors (Lipinski definition) is 7. The van der Waals surface area contributed by atoms with Crippen LogP contribution in [-0.2, 0) is 19.2 Å². The molecule has 3 amide bonds. The highest BCUT2D eigenvalue weighted by Crippen LogP contribution is 2.06. The lowest BCUT2D eigenvalue weighted by Gasteiger charge is -2.24. The molecule has 0 aliphatic rings. The van der Waals surface area contributed by atoms with E-state index in [1.807, 2.05) is 13.8 Å². The van der Waals surface area contributed by atoms with E-state index in [1.54, 1.807) is 0 Å². The van der Waals surface area contributed by atoms with Crippen LogP contribution in [-0.4, -0.2) is 65.8 Å². The van der Waals surface area contributed by atoms with Crippen molar-refractivity contribution >= 4 is 36.3 Å². The van der Waals surface area contributed by atoms with Crippen molar-refractivity contribution in [3.8, 4) is 0 Å². The van der Waals surface area contributed by atoms with Crippen molar-refractivity contribution in [2.45, 2.75) is 57.7 Å². The van der Waals surface area contributed by atoms with Gasteiger partial charge in [0.1, 0.15) is 18.6 Å². The smallest absolute Gasteiger partial charge is 0.322 e. The van der Waals surface area contributed by atoms with Crippen LogP contribution in [0.1, 0.15) is 39.5 Å². The van der Waals surface area contributed by atoms with E-state index in [0.29, 0.717) is 25.8 Å². The molecule has 0 radical (unpaired) electrons. The lowest BCUT2D eigenvalue weighted by molar-refractivity contribution is -0.138. The predicted molar refractivity (Wildman–Crippen MR) is 109 cm³/mol. The van der Waals surface area contributed by atoms with E-state index in [0.717, 1.165) is 6.42 Å². The summed E-state index contributed by atoms with van der Waals surface area (Å²) in [7, 11) is 0. The first-order valence-electron chi connectivity index (χ1n) is 9.29. The zero-order chi connectivity index (χ0) is 21.7. The van der Waals surface area contributed by atoms with Crippen LogP contribution in [0, 0.1) is 5.92 Å². The Hall–Kier alpha value is -1.85. The molecule has 0 aromatic carbocycles. The normalized spacial score (nSPS) is 14.1. The number of nitrogens with two attached hydrogens (primary N) is 2. The van der Waals surface area contributed by atoms with Gasteiger partial charge in [0.2, 0.25) is 17.7 Å². The molecule has 0 bridgehead atoms. The number of carbonyl (C=O) groups excluding carboxylic acids is 3. The van der Waals surface area contributed by atoms with Crippen LogP contribution in [0.5, 0.6) is 0 Å². The molecular weight excluding hydrogens is 386 g/mol. The van der Waals surface area contributed by atoms with Crippen molar-refractivity contribution in [2.24, 2.45) is 17.4 Å². The molecule has 0 fully saturated rings. The van der Waals surface area contributed by atoms with E-state index < -0.39 is 48.4 Å². The largest absolute Gasteiger partial charge is 0.480 e. The number of amides is 3. The Morgan fingerprint density at radius 2 is 1.61 bits per heavy atom. The fourth-order valence-electron chi connectivity index (χ4n) is 2.37. The second kappa shape index (κ2) is 14.2. The van der Waals surface area contributed by atoms with E-state index in [-0.39, 0.29) is 11.7 Å². The van der Waals surface area contributed by atoms with Crippen molar-refractivity contribution in [1.29, 1.82) is 0 Å². The van der Waals surface area contributed by atoms with Gasteiger partial charge < -0.3 is 32.5 Å². The highest BCUT2D eigenvalue weighted by atomic mass is 32.1. The fourth-order valence-corrected chi connectivity index (χ4v) is 2.63. The topological polar surface area (TPSA) is 177 Å². The highest BCUT2D eigenvalue weighted by molar-refractivity contribution is 7.80. The molecule has 0 aliphatic carbocycles. The Morgan fingerprint density at radius 3 is 2.11 bits per heavy atom. The molecule has 8 N–H and O–H groups in total. The number of nitrogens with one attached hydrogen (secondary N) is 3. The van der Waals surface area contributed by atoms with Crippen molar-refractivity contribution in [2.75, 3.05) is 18.8 Å². The zero-order valence-electron chi connectivity index (χ0n) is 16.4. The van der Waals surface area contributed by atoms with Gasteiger partial charge in [0.05, 0.1) is 6.04 Å². The monoisotopic (exact) mass is 419 g/mol. The van der Waals surface area contributed by atoms with Gasteiger partial charge in [0, 0.05) is 5.75 Å². The standard InChI is InChI=1S/C17H33N5O5S/c1-10(2)7-12(16(26)20-8-14(23)24)21-17(27)13(9-28)22-15(25)11(19)5-3-4-6-18/h10-13,28H,3-9,18-19H2,1-2H3,(H,20,26)(H,21,27)(H,22,25)(H,23,24). The van der Waals surface area contributed by atoms with Gasteiger partial charge >= 0.3 is 5.97 Å². The average molecular weight is 420 g/mol. The molecule has 10 nitrogen and oxygen atoms in total. The van der Waals surface area contributed by atoms with E-state index in [4.69, 9.17) is 16.6 Å². The zero-order valence-corrected chi connectivity index (χ0v) is 17.3. The van der Waals surface area contributed by atoms with E-state index in [9.17, 15) is 19.2 Å². The summed E-state index contributed by atoms with van der Waals surface area (Å²) < 4.78 is 0. The Labute approximate surface area is 171 Å². The second-order valence-corrected chi connectivity index (χ2v) is 7.30. The minimum absolute atomic E-state index is 0.0121. The SMILES string of the molecule is CC(C)CC(NC(=O)C(CS)NC(=O)C(N)CCCCN)C(=O)NCC(=O)O. The maximum Gasteiger partial charge on any atom is 0.322 e. The molecule has 162 valence electrons. The van der Waals surface area contributed by atoms with Crippen molar-refractivity contribution in [3.63, 3.8) is 0 Å². The molecule has 3 unspecified atom stereocenters. The van der Waals surface area contributed by atoms with Gasteiger partial charge in [0.15, 0.2) is 0 Å². The first-order chi connectivity index (χ1) is 13.1. The lowest BCUT2D eigenvalue weighted by Crippen LogP contribution is -2.56. The van der Waals surface area contributed by atoms with Crippen molar-refractivity contribution < 1.29 is 24.3 Å². The molecule has 0 saturated heterocycles. The number of carboxylic acids is 1. The molecule has 0 aromatic heterocycles. The lowest BCUT2D eigenvalue weighted by atomic mass is 10.0. The van der Waals surface area contributed by atoms with Crippen LogP contribution in [0.3, 0.4) is 0 Å². The second-order valence-electron chi connectivity index (χ2n) is 6.94. The maximum atomic E-state index is 12.5. The van der Waals surface area contributed by atoms with Gasteiger partial charge in [-0.3, -0.25) is 19.2 Å². The van der Waals surface area contributed by atoms with Gasteiger partial charge in [-0.25, -0.2) is 0 Å². The molecule has 0 aliphatic heterocycles. The van der Waals surface area contributed by atoms with Gasteiger partial charge in [-0.05, 0) is 31.7 Å². The summed E-state index contributed by atoms with van der Waals surface area (Å²) in [6.07, 6.45) is 2.20. The molecule has 0 spiro atoms. The molecule has 28 heavy (non-hydrogen) atoms. The van der Waals surface area contributed by atoms with Gasteiger partial charge in [-0.1, -0.05) is 20.3 Å². The van der Waals surface area contributed by atoms with Crippen LogP contribution in [0.4, 0.5) is 0 Å². The molecule has 0 rings (SSSR count).